The predicted molar refractivity (Wildman–Crippen MR) is 57.4 cm³/mol. The van der Waals surface area contributed by atoms with Crippen molar-refractivity contribution in [2.75, 3.05) is 0 Å². The van der Waals surface area contributed by atoms with Crippen molar-refractivity contribution in [1.29, 1.82) is 0 Å². The third kappa shape index (κ3) is 1.28. The summed E-state index contributed by atoms with van der Waals surface area (Å²) in [6, 6.07) is 0. The molecular formula is C11H11N3O2. The van der Waals surface area contributed by atoms with E-state index < -0.39 is 5.97 Å². The van der Waals surface area contributed by atoms with Gasteiger partial charge in [0.05, 0.1) is 11.9 Å². The zero-order valence-corrected chi connectivity index (χ0v) is 8.77. The Kier molecular flexibility index (Phi) is 1.77. The van der Waals surface area contributed by atoms with Gasteiger partial charge in [0.15, 0.2) is 5.65 Å². The van der Waals surface area contributed by atoms with Crippen LogP contribution in [0.5, 0.6) is 0 Å². The van der Waals surface area contributed by atoms with Gasteiger partial charge in [0.1, 0.15) is 11.1 Å². The second-order valence-corrected chi connectivity index (χ2v) is 4.32. The number of nitrogens with zero attached hydrogens (tertiary/aromatic N) is 2. The van der Waals surface area contributed by atoms with Crippen LogP contribution in [0.1, 0.15) is 35.3 Å². The second-order valence-electron chi connectivity index (χ2n) is 4.32. The van der Waals surface area contributed by atoms with E-state index in [4.69, 9.17) is 5.11 Å². The molecule has 0 bridgehead atoms. The molecule has 0 amide bonds. The first kappa shape index (κ1) is 9.33. The van der Waals surface area contributed by atoms with E-state index in [-0.39, 0.29) is 5.56 Å². The SMILES string of the molecule is C[C@H]1C[C@H]1c1cnc2[nH]cc(C(=O)O)c2n1. The number of nitrogens with one attached hydrogen (secondary N) is 1. The monoisotopic (exact) mass is 217 g/mol. The van der Waals surface area contributed by atoms with Crippen LogP contribution in [0.3, 0.4) is 0 Å². The first-order valence-electron chi connectivity index (χ1n) is 5.24. The van der Waals surface area contributed by atoms with E-state index in [0.29, 0.717) is 23.0 Å². The maximum atomic E-state index is 10.9. The molecule has 0 aromatic carbocycles. The number of fused-ring (bicyclic) bond motifs is 1. The van der Waals surface area contributed by atoms with Crippen LogP contribution in [-0.2, 0) is 0 Å². The number of carboxylic acid groups (broad SMARTS) is 1. The summed E-state index contributed by atoms with van der Waals surface area (Å²) in [6.45, 7) is 2.16. The highest BCUT2D eigenvalue weighted by Crippen LogP contribution is 2.46. The van der Waals surface area contributed by atoms with Crippen molar-refractivity contribution in [3.63, 3.8) is 0 Å². The summed E-state index contributed by atoms with van der Waals surface area (Å²) in [5.41, 5.74) is 2.10. The maximum Gasteiger partial charge on any atom is 0.339 e. The van der Waals surface area contributed by atoms with E-state index in [2.05, 4.69) is 21.9 Å². The zero-order chi connectivity index (χ0) is 11.3. The Balaban J connectivity index is 2.14. The largest absolute Gasteiger partial charge is 0.478 e. The summed E-state index contributed by atoms with van der Waals surface area (Å²) < 4.78 is 0. The number of aromatic carboxylic acids is 1. The van der Waals surface area contributed by atoms with Crippen LogP contribution in [-0.4, -0.2) is 26.0 Å². The van der Waals surface area contributed by atoms with Gasteiger partial charge in [0, 0.05) is 12.1 Å². The topological polar surface area (TPSA) is 78.9 Å². The highest BCUT2D eigenvalue weighted by atomic mass is 16.4. The second kappa shape index (κ2) is 3.04. The van der Waals surface area contributed by atoms with E-state index in [1.54, 1.807) is 6.20 Å². The molecule has 3 rings (SSSR count). The molecular weight excluding hydrogens is 206 g/mol. The minimum atomic E-state index is -0.971. The lowest BCUT2D eigenvalue weighted by Gasteiger charge is -1.98. The van der Waals surface area contributed by atoms with Crippen molar-refractivity contribution in [3.05, 3.63) is 23.7 Å². The lowest BCUT2D eigenvalue weighted by molar-refractivity contribution is 0.0699. The number of aromatic nitrogens is 3. The number of aromatic amines is 1. The lowest BCUT2D eigenvalue weighted by atomic mass is 10.2. The molecule has 1 saturated carbocycles. The molecule has 1 fully saturated rings. The number of hydrogen-bond donors (Lipinski definition) is 2. The van der Waals surface area contributed by atoms with Gasteiger partial charge in [-0.15, -0.1) is 0 Å². The van der Waals surface area contributed by atoms with Crippen molar-refractivity contribution in [1.82, 2.24) is 15.0 Å². The molecule has 0 spiro atoms. The van der Waals surface area contributed by atoms with Gasteiger partial charge >= 0.3 is 5.97 Å². The standard InChI is InChI=1S/C11H11N3O2/c1-5-2-6(5)8-4-13-10-9(14-8)7(3-12-10)11(15)16/h3-6H,2H2,1H3,(H,12,13)(H,15,16)/t5-,6+/m0/s1. The summed E-state index contributed by atoms with van der Waals surface area (Å²) >= 11 is 0. The lowest BCUT2D eigenvalue weighted by Crippen LogP contribution is -1.97. The molecule has 0 aliphatic heterocycles. The Morgan fingerprint density at radius 2 is 2.38 bits per heavy atom. The van der Waals surface area contributed by atoms with Gasteiger partial charge in [0.25, 0.3) is 0 Å². The normalized spacial score (nSPS) is 23.6. The molecule has 16 heavy (non-hydrogen) atoms. The molecule has 2 aromatic rings. The fraction of sp³-hybridized carbons (Fsp3) is 0.364. The Bertz CT molecular complexity index is 576. The van der Waals surface area contributed by atoms with E-state index >= 15 is 0 Å². The van der Waals surface area contributed by atoms with Gasteiger partial charge in [-0.25, -0.2) is 14.8 Å². The van der Waals surface area contributed by atoms with Crippen molar-refractivity contribution in [2.45, 2.75) is 19.3 Å². The highest BCUT2D eigenvalue weighted by Gasteiger charge is 2.35. The number of carbonyl (C=O) groups is 1. The number of carboxylic acids is 1. The summed E-state index contributed by atoms with van der Waals surface area (Å²) in [7, 11) is 0. The van der Waals surface area contributed by atoms with Crippen LogP contribution >= 0.6 is 0 Å². The Morgan fingerprint density at radius 1 is 1.62 bits per heavy atom. The number of H-pyrrole nitrogens is 1. The molecule has 0 saturated heterocycles. The molecule has 1 aliphatic rings. The van der Waals surface area contributed by atoms with E-state index in [9.17, 15) is 4.79 Å². The minimum absolute atomic E-state index is 0.192. The summed E-state index contributed by atoms with van der Waals surface area (Å²) in [5, 5.41) is 8.98. The number of rotatable bonds is 2. The van der Waals surface area contributed by atoms with Gasteiger partial charge in [-0.3, -0.25) is 0 Å². The predicted octanol–water partition coefficient (Wildman–Crippen LogP) is 1.78. The van der Waals surface area contributed by atoms with Crippen molar-refractivity contribution < 1.29 is 9.90 Å². The van der Waals surface area contributed by atoms with Crippen molar-refractivity contribution in [3.8, 4) is 0 Å². The van der Waals surface area contributed by atoms with Gasteiger partial charge < -0.3 is 10.1 Å². The van der Waals surface area contributed by atoms with Crippen molar-refractivity contribution >= 4 is 17.1 Å². The fourth-order valence-corrected chi connectivity index (χ4v) is 1.98. The molecule has 5 nitrogen and oxygen atoms in total. The summed E-state index contributed by atoms with van der Waals surface area (Å²) in [4.78, 5) is 22.4. The molecule has 82 valence electrons. The maximum absolute atomic E-state index is 10.9. The van der Waals surface area contributed by atoms with E-state index in [1.165, 1.54) is 6.20 Å². The molecule has 2 atom stereocenters. The molecule has 0 unspecified atom stereocenters. The molecule has 0 radical (unpaired) electrons. The third-order valence-corrected chi connectivity index (χ3v) is 3.12. The van der Waals surface area contributed by atoms with Crippen LogP contribution in [0.15, 0.2) is 12.4 Å². The van der Waals surface area contributed by atoms with Gasteiger partial charge in [0.2, 0.25) is 0 Å². The van der Waals surface area contributed by atoms with Crippen LogP contribution in [0.4, 0.5) is 0 Å². The van der Waals surface area contributed by atoms with Crippen molar-refractivity contribution in [2.24, 2.45) is 5.92 Å². The molecule has 2 heterocycles. The Morgan fingerprint density at radius 3 is 3.00 bits per heavy atom. The zero-order valence-electron chi connectivity index (χ0n) is 8.77. The molecule has 2 N–H and O–H groups in total. The Hall–Kier alpha value is -1.91. The smallest absolute Gasteiger partial charge is 0.339 e. The van der Waals surface area contributed by atoms with E-state index in [1.807, 2.05) is 0 Å². The minimum Gasteiger partial charge on any atom is -0.478 e. The molecule has 5 heteroatoms. The van der Waals surface area contributed by atoms with Crippen LogP contribution in [0.2, 0.25) is 0 Å². The van der Waals surface area contributed by atoms with Gasteiger partial charge in [-0.1, -0.05) is 6.92 Å². The van der Waals surface area contributed by atoms with Gasteiger partial charge in [-0.2, -0.15) is 0 Å². The molecule has 1 aliphatic carbocycles. The van der Waals surface area contributed by atoms with Gasteiger partial charge in [-0.05, 0) is 12.3 Å². The average molecular weight is 217 g/mol. The Labute approximate surface area is 91.5 Å². The fourth-order valence-electron chi connectivity index (χ4n) is 1.98. The third-order valence-electron chi connectivity index (χ3n) is 3.12. The summed E-state index contributed by atoms with van der Waals surface area (Å²) in [5.74, 6) is 0.119. The first-order chi connectivity index (χ1) is 7.66. The first-order valence-corrected chi connectivity index (χ1v) is 5.24. The quantitative estimate of drug-likeness (QED) is 0.803. The highest BCUT2D eigenvalue weighted by molar-refractivity contribution is 6.00. The average Bonchev–Trinajstić information content (AvgIpc) is 2.83. The summed E-state index contributed by atoms with van der Waals surface area (Å²) in [6.07, 6.45) is 4.29. The van der Waals surface area contributed by atoms with Crippen LogP contribution in [0, 0.1) is 5.92 Å². The van der Waals surface area contributed by atoms with Crippen LogP contribution < -0.4 is 0 Å². The number of hydrogen-bond acceptors (Lipinski definition) is 3. The van der Waals surface area contributed by atoms with E-state index in [0.717, 1.165) is 12.1 Å². The molecule has 2 aromatic heterocycles. The van der Waals surface area contributed by atoms with Crippen LogP contribution in [0.25, 0.3) is 11.2 Å².